The number of ketones is 1. The van der Waals surface area contributed by atoms with Gasteiger partial charge in [-0.2, -0.15) is 0 Å². The second kappa shape index (κ2) is 14.8. The molecule has 0 spiro atoms. The molecule has 3 atom stereocenters. The number of primary amides is 1. The topological polar surface area (TPSA) is 204 Å². The average Bonchev–Trinajstić information content (AvgIpc) is 2.79. The van der Waals surface area contributed by atoms with Gasteiger partial charge in [-0.1, -0.05) is 6.07 Å². The van der Waals surface area contributed by atoms with Crippen molar-refractivity contribution in [3.05, 3.63) is 30.1 Å². The first-order valence-corrected chi connectivity index (χ1v) is 12.1. The molecule has 0 bridgehead atoms. The minimum atomic E-state index is -1.44. The molecule has 1 aromatic heterocycles. The van der Waals surface area contributed by atoms with Gasteiger partial charge in [-0.15, -0.1) is 0 Å². The number of nitrogens with two attached hydrogens (primary N) is 2. The zero-order valence-corrected chi connectivity index (χ0v) is 22.5. The van der Waals surface area contributed by atoms with Gasteiger partial charge in [0.15, 0.2) is 0 Å². The number of rotatable bonds is 14. The smallest absolute Gasteiger partial charge is 0.306 e. The van der Waals surface area contributed by atoms with Crippen molar-refractivity contribution in [3.8, 4) is 0 Å². The summed E-state index contributed by atoms with van der Waals surface area (Å²) in [5.41, 5.74) is 11.1. The number of carbonyl (C=O) groups is 6. The van der Waals surface area contributed by atoms with E-state index in [0.717, 1.165) is 4.90 Å². The standard InChI is InChI=1S/C25H38N6O7/c1-15(32)14-31(5)24(37)19(11-16-7-6-10-28-13-16)30-23(36)18(12-20(27)33)29-22(35)17(26)8-9-21(34)38-25(2,3)4/h6-7,10,13,17-19H,8-9,11-12,14,26H2,1-5H3,(H2,27,33)(H,29,35)(H,30,36)/t17-,18-,19-/m0/s1. The maximum absolute atomic E-state index is 13.1. The zero-order valence-electron chi connectivity index (χ0n) is 22.5. The molecule has 0 aliphatic carbocycles. The van der Waals surface area contributed by atoms with Crippen molar-refractivity contribution in [1.82, 2.24) is 20.5 Å². The van der Waals surface area contributed by atoms with Gasteiger partial charge < -0.3 is 31.7 Å². The highest BCUT2D eigenvalue weighted by Gasteiger charge is 2.31. The maximum Gasteiger partial charge on any atom is 0.306 e. The van der Waals surface area contributed by atoms with E-state index in [0.29, 0.717) is 5.56 Å². The van der Waals surface area contributed by atoms with E-state index >= 15 is 0 Å². The summed E-state index contributed by atoms with van der Waals surface area (Å²) >= 11 is 0. The van der Waals surface area contributed by atoms with E-state index in [-0.39, 0.29) is 31.6 Å². The second-order valence-electron chi connectivity index (χ2n) is 9.99. The third kappa shape index (κ3) is 12.4. The summed E-state index contributed by atoms with van der Waals surface area (Å²) in [6.45, 7) is 6.26. The van der Waals surface area contributed by atoms with Crippen molar-refractivity contribution in [1.29, 1.82) is 0 Å². The summed E-state index contributed by atoms with van der Waals surface area (Å²) in [4.78, 5) is 79.0. The lowest BCUT2D eigenvalue weighted by Gasteiger charge is -2.26. The van der Waals surface area contributed by atoms with Crippen LogP contribution in [0.15, 0.2) is 24.5 Å². The molecular weight excluding hydrogens is 496 g/mol. The highest BCUT2D eigenvalue weighted by molar-refractivity contribution is 5.96. The predicted molar refractivity (Wildman–Crippen MR) is 137 cm³/mol. The Morgan fingerprint density at radius 1 is 1.08 bits per heavy atom. The SMILES string of the molecule is CC(=O)CN(C)C(=O)[C@H](Cc1cccnc1)NC(=O)[C@H](CC(N)=O)NC(=O)[C@@H](N)CCC(=O)OC(C)(C)C. The van der Waals surface area contributed by atoms with Gasteiger partial charge >= 0.3 is 5.97 Å². The Balaban J connectivity index is 2.98. The molecule has 13 heteroatoms. The third-order valence-corrected chi connectivity index (χ3v) is 5.07. The maximum atomic E-state index is 13.1. The summed E-state index contributed by atoms with van der Waals surface area (Å²) < 4.78 is 5.19. The fourth-order valence-corrected chi connectivity index (χ4v) is 3.39. The van der Waals surface area contributed by atoms with Gasteiger partial charge in [0.2, 0.25) is 23.6 Å². The van der Waals surface area contributed by atoms with Crippen molar-refractivity contribution in [2.24, 2.45) is 11.5 Å². The summed E-state index contributed by atoms with van der Waals surface area (Å²) in [5, 5.41) is 4.91. The third-order valence-electron chi connectivity index (χ3n) is 5.07. The molecule has 0 aliphatic rings. The molecule has 4 amide bonds. The highest BCUT2D eigenvalue weighted by atomic mass is 16.6. The lowest BCUT2D eigenvalue weighted by molar-refractivity contribution is -0.155. The van der Waals surface area contributed by atoms with Crippen LogP contribution in [0.3, 0.4) is 0 Å². The van der Waals surface area contributed by atoms with Crippen LogP contribution in [-0.2, 0) is 39.9 Å². The van der Waals surface area contributed by atoms with E-state index in [4.69, 9.17) is 16.2 Å². The largest absolute Gasteiger partial charge is 0.460 e. The first kappa shape index (κ1) is 32.2. The van der Waals surface area contributed by atoms with Crippen LogP contribution in [0, 0.1) is 0 Å². The fourth-order valence-electron chi connectivity index (χ4n) is 3.39. The lowest BCUT2D eigenvalue weighted by atomic mass is 10.0. The number of nitrogens with one attached hydrogen (secondary N) is 2. The Hall–Kier alpha value is -3.87. The summed E-state index contributed by atoms with van der Waals surface area (Å²) in [5.74, 6) is -3.88. The number of esters is 1. The Morgan fingerprint density at radius 3 is 2.24 bits per heavy atom. The van der Waals surface area contributed by atoms with E-state index in [1.165, 1.54) is 20.2 Å². The number of Topliss-reactive ketones (excluding diaryl/α,β-unsaturated/α-hetero) is 1. The molecule has 0 saturated carbocycles. The number of hydrogen-bond acceptors (Lipinski definition) is 9. The van der Waals surface area contributed by atoms with E-state index < -0.39 is 59.7 Å². The number of ether oxygens (including phenoxy) is 1. The molecular formula is C25H38N6O7. The van der Waals surface area contributed by atoms with E-state index in [2.05, 4.69) is 15.6 Å². The van der Waals surface area contributed by atoms with E-state index in [1.807, 2.05) is 0 Å². The average molecular weight is 535 g/mol. The molecule has 0 aromatic carbocycles. The van der Waals surface area contributed by atoms with Crippen molar-refractivity contribution in [2.75, 3.05) is 13.6 Å². The molecule has 38 heavy (non-hydrogen) atoms. The van der Waals surface area contributed by atoms with E-state index in [9.17, 15) is 28.8 Å². The molecule has 1 aromatic rings. The monoisotopic (exact) mass is 534 g/mol. The minimum absolute atomic E-state index is 0.0350. The summed E-state index contributed by atoms with van der Waals surface area (Å²) in [6, 6.07) is -0.386. The number of hydrogen-bond donors (Lipinski definition) is 4. The summed E-state index contributed by atoms with van der Waals surface area (Å²) in [6.07, 6.45) is 2.34. The van der Waals surface area contributed by atoms with Gasteiger partial charge in [-0.3, -0.25) is 33.8 Å². The molecule has 0 aliphatic heterocycles. The molecule has 0 saturated heterocycles. The Labute approximate surface area is 222 Å². The van der Waals surface area contributed by atoms with Crippen LogP contribution in [0.5, 0.6) is 0 Å². The molecule has 210 valence electrons. The number of amides is 4. The van der Waals surface area contributed by atoms with Gasteiger partial charge in [0, 0.05) is 32.3 Å². The summed E-state index contributed by atoms with van der Waals surface area (Å²) in [7, 11) is 1.42. The van der Waals surface area contributed by atoms with Crippen molar-refractivity contribution in [2.45, 2.75) is 77.1 Å². The van der Waals surface area contributed by atoms with Gasteiger partial charge in [0.25, 0.3) is 0 Å². The Morgan fingerprint density at radius 2 is 1.71 bits per heavy atom. The van der Waals surface area contributed by atoms with Crippen LogP contribution in [0.4, 0.5) is 0 Å². The molecule has 0 unspecified atom stereocenters. The quantitative estimate of drug-likeness (QED) is 0.215. The first-order chi connectivity index (χ1) is 17.6. The number of pyridine rings is 1. The molecule has 6 N–H and O–H groups in total. The van der Waals surface area contributed by atoms with Crippen LogP contribution in [0.1, 0.15) is 52.5 Å². The molecule has 1 heterocycles. The van der Waals surface area contributed by atoms with Crippen molar-refractivity contribution >= 4 is 35.4 Å². The number of aromatic nitrogens is 1. The normalized spacial score (nSPS) is 13.4. The van der Waals surface area contributed by atoms with Crippen LogP contribution in [0.25, 0.3) is 0 Å². The highest BCUT2D eigenvalue weighted by Crippen LogP contribution is 2.10. The van der Waals surface area contributed by atoms with Gasteiger partial charge in [0.1, 0.15) is 23.5 Å². The van der Waals surface area contributed by atoms with Gasteiger partial charge in [-0.05, 0) is 45.7 Å². The van der Waals surface area contributed by atoms with Gasteiger partial charge in [-0.25, -0.2) is 0 Å². The Bertz CT molecular complexity index is 1010. The number of likely N-dealkylation sites (N-methyl/N-ethyl adjacent to an activating group) is 1. The van der Waals surface area contributed by atoms with Crippen LogP contribution in [0.2, 0.25) is 0 Å². The second-order valence-corrected chi connectivity index (χ2v) is 9.99. The fraction of sp³-hybridized carbons (Fsp3) is 0.560. The number of nitrogens with zero attached hydrogens (tertiary/aromatic N) is 2. The molecule has 0 radical (unpaired) electrons. The first-order valence-electron chi connectivity index (χ1n) is 12.1. The lowest BCUT2D eigenvalue weighted by Crippen LogP contribution is -2.57. The molecule has 1 rings (SSSR count). The van der Waals surface area contributed by atoms with E-state index in [1.54, 1.807) is 39.1 Å². The number of carbonyl (C=O) groups excluding carboxylic acids is 6. The van der Waals surface area contributed by atoms with Crippen LogP contribution < -0.4 is 22.1 Å². The van der Waals surface area contributed by atoms with Crippen molar-refractivity contribution < 1.29 is 33.5 Å². The van der Waals surface area contributed by atoms with Crippen molar-refractivity contribution in [3.63, 3.8) is 0 Å². The molecule has 0 fully saturated rings. The van der Waals surface area contributed by atoms with Crippen LogP contribution in [-0.4, -0.2) is 82.6 Å². The van der Waals surface area contributed by atoms with Gasteiger partial charge in [0.05, 0.1) is 19.0 Å². The predicted octanol–water partition coefficient (Wildman–Crippen LogP) is -1.03. The minimum Gasteiger partial charge on any atom is -0.460 e. The zero-order chi connectivity index (χ0) is 29.0. The molecule has 13 nitrogen and oxygen atoms in total. The Kier molecular flexibility index (Phi) is 12.5. The van der Waals surface area contributed by atoms with Crippen LogP contribution >= 0.6 is 0 Å².